The molecule has 0 saturated carbocycles. The molecule has 0 spiro atoms. The van der Waals surface area contributed by atoms with E-state index in [1.165, 1.54) is 0 Å². The molecule has 1 aromatic carbocycles. The number of piperazine rings is 1. The fraction of sp³-hybridized carbons (Fsp3) is 0.654. The number of likely N-dealkylation sites (tertiary alicyclic amines) is 1. The Bertz CT molecular complexity index is 918. The number of Topliss-reactive ketones (excluding diaryl/α,β-unsaturated/α-hetero) is 1. The molecule has 2 amide bonds. The largest absolute Gasteiger partial charge is 0.369 e. The second-order valence-corrected chi connectivity index (χ2v) is 11.3. The van der Waals surface area contributed by atoms with Crippen molar-refractivity contribution in [2.45, 2.75) is 52.3 Å². The van der Waals surface area contributed by atoms with Gasteiger partial charge in [-0.05, 0) is 43.1 Å². The van der Waals surface area contributed by atoms with E-state index in [0.717, 1.165) is 31.9 Å². The van der Waals surface area contributed by atoms with Gasteiger partial charge in [0.25, 0.3) is 5.91 Å². The van der Waals surface area contributed by atoms with Gasteiger partial charge in [0.05, 0.1) is 6.10 Å². The van der Waals surface area contributed by atoms with Crippen molar-refractivity contribution in [2.75, 3.05) is 51.3 Å². The maximum Gasteiger partial charge on any atom is 0.251 e. The Morgan fingerprint density at radius 1 is 1.12 bits per heavy atom. The minimum absolute atomic E-state index is 0.0527. The number of hydrogen-bond donors (Lipinski definition) is 1. The van der Waals surface area contributed by atoms with Gasteiger partial charge in [-0.15, -0.1) is 0 Å². The van der Waals surface area contributed by atoms with Gasteiger partial charge in [0.2, 0.25) is 5.91 Å². The summed E-state index contributed by atoms with van der Waals surface area (Å²) in [7, 11) is 2.12. The highest BCUT2D eigenvalue weighted by Gasteiger charge is 2.51. The van der Waals surface area contributed by atoms with Crippen molar-refractivity contribution < 1.29 is 19.1 Å². The molecule has 3 fully saturated rings. The number of rotatable bonds is 5. The van der Waals surface area contributed by atoms with E-state index in [1.807, 2.05) is 52.0 Å². The Morgan fingerprint density at radius 2 is 1.76 bits per heavy atom. The maximum absolute atomic E-state index is 13.6. The van der Waals surface area contributed by atoms with Gasteiger partial charge in [0.15, 0.2) is 5.78 Å². The molecule has 3 saturated heterocycles. The first kappa shape index (κ1) is 24.7. The first-order chi connectivity index (χ1) is 16.0. The lowest BCUT2D eigenvalue weighted by Gasteiger charge is -2.34. The number of carbonyl (C=O) groups excluding carboxylic acids is 3. The van der Waals surface area contributed by atoms with E-state index in [1.54, 1.807) is 4.90 Å². The Labute approximate surface area is 202 Å². The van der Waals surface area contributed by atoms with Gasteiger partial charge in [0, 0.05) is 49.9 Å². The normalized spacial score (nSPS) is 26.5. The lowest BCUT2D eigenvalue weighted by atomic mass is 9.87. The van der Waals surface area contributed by atoms with E-state index in [9.17, 15) is 14.4 Å². The zero-order chi connectivity index (χ0) is 24.6. The molecule has 3 aliphatic heterocycles. The van der Waals surface area contributed by atoms with Gasteiger partial charge in [-0.25, -0.2) is 0 Å². The van der Waals surface area contributed by atoms with Crippen LogP contribution < -0.4 is 10.2 Å². The predicted molar refractivity (Wildman–Crippen MR) is 131 cm³/mol. The number of fused-ring (bicyclic) bond motifs is 1. The zero-order valence-electron chi connectivity index (χ0n) is 21.0. The summed E-state index contributed by atoms with van der Waals surface area (Å²) in [5.41, 5.74) is 1.45. The topological polar surface area (TPSA) is 82.2 Å². The van der Waals surface area contributed by atoms with Crippen molar-refractivity contribution in [1.29, 1.82) is 0 Å². The third kappa shape index (κ3) is 5.28. The van der Waals surface area contributed by atoms with E-state index in [0.29, 0.717) is 18.5 Å². The van der Waals surface area contributed by atoms with Gasteiger partial charge in [-0.3, -0.25) is 14.4 Å². The summed E-state index contributed by atoms with van der Waals surface area (Å²) < 4.78 is 5.64. The molecular weight excluding hydrogens is 432 g/mol. The maximum atomic E-state index is 13.6. The smallest absolute Gasteiger partial charge is 0.251 e. The van der Waals surface area contributed by atoms with Crippen LogP contribution in [0.25, 0.3) is 0 Å². The molecule has 0 aromatic heterocycles. The van der Waals surface area contributed by atoms with E-state index < -0.39 is 12.1 Å². The van der Waals surface area contributed by atoms with Crippen molar-refractivity contribution in [3.8, 4) is 0 Å². The van der Waals surface area contributed by atoms with E-state index in [2.05, 4.69) is 22.2 Å². The van der Waals surface area contributed by atoms with Crippen LogP contribution in [-0.4, -0.2) is 92.0 Å². The lowest BCUT2D eigenvalue weighted by Crippen LogP contribution is -2.53. The molecule has 4 rings (SSSR count). The van der Waals surface area contributed by atoms with Crippen molar-refractivity contribution in [1.82, 2.24) is 15.1 Å². The summed E-state index contributed by atoms with van der Waals surface area (Å²) in [5.74, 6) is -0.433. The van der Waals surface area contributed by atoms with E-state index in [-0.39, 0.29) is 41.6 Å². The number of nitrogens with zero attached hydrogens (tertiary/aromatic N) is 3. The molecule has 0 bridgehead atoms. The molecule has 186 valence electrons. The van der Waals surface area contributed by atoms with Crippen LogP contribution in [-0.2, 0) is 14.3 Å². The highest BCUT2D eigenvalue weighted by Crippen LogP contribution is 2.33. The highest BCUT2D eigenvalue weighted by atomic mass is 16.5. The van der Waals surface area contributed by atoms with Gasteiger partial charge >= 0.3 is 0 Å². The number of anilines is 1. The van der Waals surface area contributed by atoms with Crippen molar-refractivity contribution >= 4 is 23.3 Å². The monoisotopic (exact) mass is 470 g/mol. The van der Waals surface area contributed by atoms with Crippen LogP contribution in [0, 0.1) is 11.3 Å². The number of ether oxygens (including phenoxy) is 1. The van der Waals surface area contributed by atoms with E-state index >= 15 is 0 Å². The Morgan fingerprint density at radius 3 is 2.38 bits per heavy atom. The summed E-state index contributed by atoms with van der Waals surface area (Å²) in [6.07, 6.45) is 0.235. The second kappa shape index (κ2) is 9.66. The fourth-order valence-electron chi connectivity index (χ4n) is 5.26. The first-order valence-corrected chi connectivity index (χ1v) is 12.3. The summed E-state index contributed by atoms with van der Waals surface area (Å²) in [5, 5.41) is 2.98. The number of amides is 2. The summed E-state index contributed by atoms with van der Waals surface area (Å²) >= 11 is 0. The van der Waals surface area contributed by atoms with Crippen molar-refractivity contribution in [3.05, 3.63) is 29.8 Å². The minimum Gasteiger partial charge on any atom is -0.369 e. The Hall–Kier alpha value is -2.45. The molecule has 34 heavy (non-hydrogen) atoms. The average Bonchev–Trinajstić information content (AvgIpc) is 3.33. The predicted octanol–water partition coefficient (Wildman–Crippen LogP) is 1.79. The summed E-state index contributed by atoms with van der Waals surface area (Å²) in [6, 6.07) is 6.35. The van der Waals surface area contributed by atoms with Crippen LogP contribution in [0.5, 0.6) is 0 Å². The molecule has 0 aliphatic carbocycles. The first-order valence-electron chi connectivity index (χ1n) is 12.3. The SMILES string of the molecule is C[C@@H]1CN(C(=O)C(CC(C)(C)C)NC(=O)c2ccc(N3CCN(C)CC3)cc2)[C@@H]2C(=O)CO[C@H]12. The molecule has 3 heterocycles. The molecule has 1 N–H and O–H groups in total. The number of benzene rings is 1. The van der Waals surface area contributed by atoms with Gasteiger partial charge in [-0.2, -0.15) is 0 Å². The zero-order valence-corrected chi connectivity index (χ0v) is 21.0. The molecule has 0 radical (unpaired) electrons. The molecular formula is C26H38N4O4. The molecule has 8 heteroatoms. The minimum atomic E-state index is -0.704. The van der Waals surface area contributed by atoms with Gasteiger partial charge < -0.3 is 24.8 Å². The molecule has 4 atom stereocenters. The lowest BCUT2D eigenvalue weighted by molar-refractivity contribution is -0.138. The number of carbonyl (C=O) groups is 3. The van der Waals surface area contributed by atoms with E-state index in [4.69, 9.17) is 4.74 Å². The number of ketones is 1. The fourth-order valence-corrected chi connectivity index (χ4v) is 5.26. The van der Waals surface area contributed by atoms with Crippen molar-refractivity contribution in [3.63, 3.8) is 0 Å². The molecule has 1 aromatic rings. The Balaban J connectivity index is 1.47. The second-order valence-electron chi connectivity index (χ2n) is 11.3. The summed E-state index contributed by atoms with van der Waals surface area (Å²) in [6.45, 7) is 12.6. The molecule has 1 unspecified atom stereocenters. The third-order valence-corrected chi connectivity index (χ3v) is 7.14. The van der Waals surface area contributed by atoms with Crippen molar-refractivity contribution in [2.24, 2.45) is 11.3 Å². The van der Waals surface area contributed by atoms with Crippen LogP contribution >= 0.6 is 0 Å². The number of likely N-dealkylation sites (N-methyl/N-ethyl adjacent to an activating group) is 1. The van der Waals surface area contributed by atoms with Crippen LogP contribution in [0.4, 0.5) is 5.69 Å². The standard InChI is InChI=1S/C26H38N4O4/c1-17-15-30(22-21(31)16-34-23(17)22)25(33)20(14-26(2,3)4)27-24(32)18-6-8-19(9-7-18)29-12-10-28(5)11-13-29/h6-9,17,20,22-23H,10-16H2,1-5H3,(H,27,32)/t17-,20?,22-,23-/m1/s1. The van der Waals surface area contributed by atoms with Crippen LogP contribution in [0.2, 0.25) is 0 Å². The quantitative estimate of drug-likeness (QED) is 0.707. The van der Waals surface area contributed by atoms with Crippen LogP contribution in [0.15, 0.2) is 24.3 Å². The third-order valence-electron chi connectivity index (χ3n) is 7.14. The Kier molecular flexibility index (Phi) is 7.01. The highest BCUT2D eigenvalue weighted by molar-refractivity contribution is 5.99. The number of hydrogen-bond acceptors (Lipinski definition) is 6. The molecule has 3 aliphatic rings. The summed E-state index contributed by atoms with van der Waals surface area (Å²) in [4.78, 5) is 45.5. The van der Waals surface area contributed by atoms with Gasteiger partial charge in [-0.1, -0.05) is 27.7 Å². The number of nitrogens with one attached hydrogen (secondary N) is 1. The van der Waals surface area contributed by atoms with Crippen LogP contribution in [0.3, 0.4) is 0 Å². The molecule has 8 nitrogen and oxygen atoms in total. The average molecular weight is 471 g/mol. The van der Waals surface area contributed by atoms with Crippen LogP contribution in [0.1, 0.15) is 44.5 Å². The van der Waals surface area contributed by atoms with Gasteiger partial charge in [0.1, 0.15) is 18.7 Å².